The molecule has 1 aromatic heterocycles. The molecule has 1 N–H and O–H groups in total. The second-order valence-electron chi connectivity index (χ2n) is 4.14. The smallest absolute Gasteiger partial charge is 0.119 e. The third kappa shape index (κ3) is 5.44. The quantitative estimate of drug-likeness (QED) is 0.665. The molecule has 0 aliphatic heterocycles. The molecule has 0 radical (unpaired) electrons. The van der Waals surface area contributed by atoms with Crippen LogP contribution < -0.4 is 5.32 Å². The maximum atomic E-state index is 5.53. The van der Waals surface area contributed by atoms with Crippen LogP contribution in [0.1, 0.15) is 42.3 Å². The van der Waals surface area contributed by atoms with Gasteiger partial charge >= 0.3 is 0 Å². The van der Waals surface area contributed by atoms with E-state index >= 15 is 0 Å². The summed E-state index contributed by atoms with van der Waals surface area (Å²) in [6, 6.07) is 0. The van der Waals surface area contributed by atoms with Gasteiger partial charge in [0.25, 0.3) is 0 Å². The van der Waals surface area contributed by atoms with Gasteiger partial charge in [0.2, 0.25) is 0 Å². The molecule has 4 nitrogen and oxygen atoms in total. The number of ether oxygens (including phenoxy) is 2. The minimum absolute atomic E-state index is 0.577. The number of hydrogen-bond donors (Lipinski definition) is 1. The molecule has 0 aromatic carbocycles. The van der Waals surface area contributed by atoms with Gasteiger partial charge in [0.1, 0.15) is 5.01 Å². The molecule has 0 aliphatic rings. The molecule has 0 saturated carbocycles. The number of nitrogens with one attached hydrogen (secondary N) is 1. The van der Waals surface area contributed by atoms with Gasteiger partial charge in [-0.1, -0.05) is 13.8 Å². The maximum absolute atomic E-state index is 5.53. The predicted molar refractivity (Wildman–Crippen MR) is 74.8 cm³/mol. The first kappa shape index (κ1) is 15.6. The lowest BCUT2D eigenvalue weighted by Gasteiger charge is -2.02. The lowest BCUT2D eigenvalue weighted by Crippen LogP contribution is -2.14. The van der Waals surface area contributed by atoms with Gasteiger partial charge in [0.05, 0.1) is 18.9 Å². The highest BCUT2D eigenvalue weighted by atomic mass is 32.1. The fraction of sp³-hybridized carbons (Fsp3) is 0.769. The number of hydrogen-bond acceptors (Lipinski definition) is 5. The summed E-state index contributed by atoms with van der Waals surface area (Å²) in [5.41, 5.74) is 1.04. The van der Waals surface area contributed by atoms with Crippen molar-refractivity contribution in [1.82, 2.24) is 10.3 Å². The van der Waals surface area contributed by atoms with E-state index < -0.39 is 0 Å². The third-order valence-electron chi connectivity index (χ3n) is 2.39. The Balaban J connectivity index is 2.55. The molecular formula is C13H24N2O2S. The van der Waals surface area contributed by atoms with Crippen molar-refractivity contribution in [2.75, 3.05) is 20.3 Å². The first-order valence-corrected chi connectivity index (χ1v) is 7.38. The largest absolute Gasteiger partial charge is 0.378 e. The van der Waals surface area contributed by atoms with Gasteiger partial charge in [-0.2, -0.15) is 0 Å². The lowest BCUT2D eigenvalue weighted by molar-refractivity contribution is 0.120. The Kier molecular flexibility index (Phi) is 8.17. The van der Waals surface area contributed by atoms with Crippen molar-refractivity contribution in [3.05, 3.63) is 15.6 Å². The van der Waals surface area contributed by atoms with Crippen LogP contribution >= 0.6 is 11.3 Å². The van der Waals surface area contributed by atoms with Gasteiger partial charge < -0.3 is 14.8 Å². The van der Waals surface area contributed by atoms with Crippen LogP contribution in [0.2, 0.25) is 0 Å². The van der Waals surface area contributed by atoms with Crippen molar-refractivity contribution in [3.63, 3.8) is 0 Å². The molecule has 1 aromatic rings. The van der Waals surface area contributed by atoms with Crippen LogP contribution in [0, 0.1) is 0 Å². The summed E-state index contributed by atoms with van der Waals surface area (Å²) in [6.07, 6.45) is 2.19. The van der Waals surface area contributed by atoms with Crippen molar-refractivity contribution in [1.29, 1.82) is 0 Å². The number of rotatable bonds is 10. The zero-order valence-electron chi connectivity index (χ0n) is 11.6. The third-order valence-corrected chi connectivity index (χ3v) is 3.46. The SMILES string of the molecule is CCCNCc1sc(COCCC)nc1COC. The van der Waals surface area contributed by atoms with Crippen LogP contribution in [0.4, 0.5) is 0 Å². The summed E-state index contributed by atoms with van der Waals surface area (Å²) in [5, 5.41) is 4.45. The summed E-state index contributed by atoms with van der Waals surface area (Å²) < 4.78 is 10.7. The summed E-state index contributed by atoms with van der Waals surface area (Å²) in [4.78, 5) is 5.84. The van der Waals surface area contributed by atoms with Crippen molar-refractivity contribution in [2.24, 2.45) is 0 Å². The van der Waals surface area contributed by atoms with Gasteiger partial charge in [0, 0.05) is 25.1 Å². The Morgan fingerprint density at radius 1 is 1.22 bits per heavy atom. The summed E-state index contributed by atoms with van der Waals surface area (Å²) in [5.74, 6) is 0. The number of nitrogens with zero attached hydrogens (tertiary/aromatic N) is 1. The number of thiazole rings is 1. The minimum Gasteiger partial charge on any atom is -0.378 e. The van der Waals surface area contributed by atoms with Crippen molar-refractivity contribution in [3.8, 4) is 0 Å². The Hall–Kier alpha value is -0.490. The van der Waals surface area contributed by atoms with E-state index in [2.05, 4.69) is 24.1 Å². The minimum atomic E-state index is 0.577. The molecule has 0 saturated heterocycles. The van der Waals surface area contributed by atoms with Crippen LogP contribution in [0.15, 0.2) is 0 Å². The van der Waals surface area contributed by atoms with Crippen molar-refractivity contribution in [2.45, 2.75) is 46.4 Å². The van der Waals surface area contributed by atoms with E-state index in [1.54, 1.807) is 18.4 Å². The lowest BCUT2D eigenvalue weighted by atomic mass is 10.3. The van der Waals surface area contributed by atoms with E-state index in [0.29, 0.717) is 13.2 Å². The Labute approximate surface area is 114 Å². The molecular weight excluding hydrogens is 248 g/mol. The molecule has 1 rings (SSSR count). The highest BCUT2D eigenvalue weighted by molar-refractivity contribution is 7.11. The second-order valence-corrected chi connectivity index (χ2v) is 5.31. The molecule has 0 atom stereocenters. The summed E-state index contributed by atoms with van der Waals surface area (Å²) in [7, 11) is 1.70. The van der Waals surface area contributed by atoms with Crippen LogP contribution in [0.3, 0.4) is 0 Å². The van der Waals surface area contributed by atoms with E-state index in [4.69, 9.17) is 9.47 Å². The standard InChI is InChI=1S/C13H24N2O2S/c1-4-6-14-8-12-11(9-16-3)15-13(18-12)10-17-7-5-2/h14H,4-10H2,1-3H3. The first-order chi connectivity index (χ1) is 8.81. The van der Waals surface area contributed by atoms with Crippen LogP contribution in [0.25, 0.3) is 0 Å². The van der Waals surface area contributed by atoms with E-state index in [1.807, 2.05) is 0 Å². The van der Waals surface area contributed by atoms with Crippen molar-refractivity contribution < 1.29 is 9.47 Å². The highest BCUT2D eigenvalue weighted by Crippen LogP contribution is 2.20. The zero-order valence-corrected chi connectivity index (χ0v) is 12.4. The van der Waals surface area contributed by atoms with E-state index in [-0.39, 0.29) is 0 Å². The predicted octanol–water partition coefficient (Wildman–Crippen LogP) is 2.72. The van der Waals surface area contributed by atoms with Crippen LogP contribution in [-0.2, 0) is 29.2 Å². The van der Waals surface area contributed by atoms with Crippen molar-refractivity contribution >= 4 is 11.3 Å². The van der Waals surface area contributed by atoms with E-state index in [1.165, 1.54) is 4.88 Å². The van der Waals surface area contributed by atoms with Crippen LogP contribution in [-0.4, -0.2) is 25.2 Å². The molecule has 0 bridgehead atoms. The number of methoxy groups -OCH3 is 1. The fourth-order valence-electron chi connectivity index (χ4n) is 1.57. The number of aromatic nitrogens is 1. The maximum Gasteiger partial charge on any atom is 0.119 e. The molecule has 0 amide bonds. The highest BCUT2D eigenvalue weighted by Gasteiger charge is 2.10. The molecule has 1 heterocycles. The monoisotopic (exact) mass is 272 g/mol. The molecule has 0 aliphatic carbocycles. The average Bonchev–Trinajstić information content (AvgIpc) is 2.73. The molecule has 0 fully saturated rings. The normalized spacial score (nSPS) is 11.1. The Bertz CT molecular complexity index is 329. The van der Waals surface area contributed by atoms with E-state index in [9.17, 15) is 0 Å². The summed E-state index contributed by atoms with van der Waals surface area (Å²) in [6.45, 7) is 8.17. The van der Waals surface area contributed by atoms with Gasteiger partial charge in [-0.25, -0.2) is 4.98 Å². The van der Waals surface area contributed by atoms with Gasteiger partial charge in [-0.05, 0) is 19.4 Å². The second kappa shape index (κ2) is 9.44. The molecule has 18 heavy (non-hydrogen) atoms. The van der Waals surface area contributed by atoms with Gasteiger partial charge in [-0.15, -0.1) is 11.3 Å². The fourth-order valence-corrected chi connectivity index (χ4v) is 2.55. The van der Waals surface area contributed by atoms with Gasteiger partial charge in [0.15, 0.2) is 0 Å². The van der Waals surface area contributed by atoms with E-state index in [0.717, 1.165) is 43.2 Å². The molecule has 104 valence electrons. The Morgan fingerprint density at radius 3 is 2.72 bits per heavy atom. The molecule has 5 heteroatoms. The molecule has 0 spiro atoms. The first-order valence-electron chi connectivity index (χ1n) is 6.56. The topological polar surface area (TPSA) is 43.4 Å². The average molecular weight is 272 g/mol. The molecule has 0 unspecified atom stereocenters. The zero-order chi connectivity index (χ0) is 13.2. The van der Waals surface area contributed by atoms with Crippen LogP contribution in [0.5, 0.6) is 0 Å². The van der Waals surface area contributed by atoms with Gasteiger partial charge in [-0.3, -0.25) is 0 Å². The summed E-state index contributed by atoms with van der Waals surface area (Å²) >= 11 is 1.72. The Morgan fingerprint density at radius 2 is 2.06 bits per heavy atom.